The molecule has 222 valence electrons. The summed E-state index contributed by atoms with van der Waals surface area (Å²) in [4.78, 5) is 42.6. The lowest BCUT2D eigenvalue weighted by Crippen LogP contribution is -2.50. The Balaban J connectivity index is 1.10. The number of nitrogens with one attached hydrogen (secondary N) is 3. The molecule has 1 aromatic rings. The lowest BCUT2D eigenvalue weighted by Gasteiger charge is -2.38. The number of fused-ring (bicyclic) bond motifs is 2. The van der Waals surface area contributed by atoms with E-state index < -0.39 is 5.91 Å². The van der Waals surface area contributed by atoms with Gasteiger partial charge in [0.15, 0.2) is 0 Å². The Morgan fingerprint density at radius 2 is 1.78 bits per heavy atom. The van der Waals surface area contributed by atoms with E-state index in [4.69, 9.17) is 5.73 Å². The molecule has 1 saturated carbocycles. The standard InChI is InChI=1S/C32H46N6O3/c1-20(2)37-14-12-24(19-37)35-31(40)21(3)5-4-13-38-26-9-10-27(38)17-25(16-26)36-32(41)23-8-11-28(30(33)39)29(15-23)34-18-22-6-7-22/h4-5,8,11,15,20,22,24-27,34H,3,6-7,9-10,12-14,16-19H2,1-2H3,(H2,33,39)(H,35,40)(H,36,41)/t24-,25?,26?,27?/m1/s1. The van der Waals surface area contributed by atoms with Crippen LogP contribution in [0.2, 0.25) is 0 Å². The normalized spacial score (nSPS) is 26.4. The van der Waals surface area contributed by atoms with Gasteiger partial charge in [-0.25, -0.2) is 0 Å². The minimum absolute atomic E-state index is 0.0870. The SMILES string of the molecule is C=C(C=CCN1C2CCC1CC(NC(=O)c1ccc(C(N)=O)c(NCC3CC3)c1)C2)C(=O)N[C@@H]1CCN(C(C)C)C1. The molecule has 0 aromatic heterocycles. The maximum atomic E-state index is 13.2. The number of carbonyl (C=O) groups is 3. The Bertz CT molecular complexity index is 1180. The van der Waals surface area contributed by atoms with Crippen molar-refractivity contribution in [1.82, 2.24) is 20.4 Å². The van der Waals surface area contributed by atoms with Gasteiger partial charge in [-0.05, 0) is 82.9 Å². The topological polar surface area (TPSA) is 120 Å². The number of piperidine rings is 1. The van der Waals surface area contributed by atoms with Crippen LogP contribution in [0.5, 0.6) is 0 Å². The van der Waals surface area contributed by atoms with Gasteiger partial charge in [-0.1, -0.05) is 18.7 Å². The van der Waals surface area contributed by atoms with E-state index in [-0.39, 0.29) is 23.9 Å². The second-order valence-corrected chi connectivity index (χ2v) is 12.6. The molecule has 3 atom stereocenters. The van der Waals surface area contributed by atoms with E-state index in [0.29, 0.717) is 46.4 Å². The fourth-order valence-corrected chi connectivity index (χ4v) is 6.63. The van der Waals surface area contributed by atoms with Gasteiger partial charge in [0.2, 0.25) is 0 Å². The Morgan fingerprint density at radius 3 is 2.41 bits per heavy atom. The van der Waals surface area contributed by atoms with Gasteiger partial charge in [0, 0.05) is 73.2 Å². The van der Waals surface area contributed by atoms with Crippen molar-refractivity contribution in [2.45, 2.75) is 89.0 Å². The molecule has 2 bridgehead atoms. The summed E-state index contributed by atoms with van der Waals surface area (Å²) >= 11 is 0. The molecule has 5 N–H and O–H groups in total. The maximum Gasteiger partial charge on any atom is 0.251 e. The molecule has 0 radical (unpaired) electrons. The second-order valence-electron chi connectivity index (χ2n) is 12.6. The van der Waals surface area contributed by atoms with Gasteiger partial charge < -0.3 is 21.7 Å². The monoisotopic (exact) mass is 562 g/mol. The number of hydrogen-bond donors (Lipinski definition) is 4. The number of nitrogens with two attached hydrogens (primary N) is 1. The highest BCUT2D eigenvalue weighted by atomic mass is 16.2. The zero-order valence-electron chi connectivity index (χ0n) is 24.5. The zero-order valence-corrected chi connectivity index (χ0v) is 24.5. The summed E-state index contributed by atoms with van der Waals surface area (Å²) in [6.45, 7) is 11.8. The van der Waals surface area contributed by atoms with Crippen LogP contribution < -0.4 is 21.7 Å². The first-order chi connectivity index (χ1) is 19.7. The predicted octanol–water partition coefficient (Wildman–Crippen LogP) is 3.04. The molecule has 4 fully saturated rings. The van der Waals surface area contributed by atoms with E-state index in [1.807, 2.05) is 6.08 Å². The van der Waals surface area contributed by atoms with Crippen LogP contribution in [0, 0.1) is 5.92 Å². The van der Waals surface area contributed by atoms with Gasteiger partial charge in [-0.2, -0.15) is 0 Å². The first-order valence-corrected chi connectivity index (χ1v) is 15.3. The first-order valence-electron chi connectivity index (χ1n) is 15.3. The molecule has 9 nitrogen and oxygen atoms in total. The highest BCUT2D eigenvalue weighted by Gasteiger charge is 2.40. The molecular weight excluding hydrogens is 516 g/mol. The zero-order chi connectivity index (χ0) is 29.1. The van der Waals surface area contributed by atoms with Crippen LogP contribution in [-0.2, 0) is 4.79 Å². The van der Waals surface area contributed by atoms with Gasteiger partial charge in [0.05, 0.1) is 5.56 Å². The molecule has 2 unspecified atom stereocenters. The van der Waals surface area contributed by atoms with Crippen LogP contribution in [0.25, 0.3) is 0 Å². The van der Waals surface area contributed by atoms with E-state index >= 15 is 0 Å². The smallest absolute Gasteiger partial charge is 0.251 e. The van der Waals surface area contributed by atoms with E-state index in [1.165, 1.54) is 12.8 Å². The summed E-state index contributed by atoms with van der Waals surface area (Å²) in [5.41, 5.74) is 7.64. The molecule has 9 heteroatoms. The van der Waals surface area contributed by atoms with Crippen molar-refractivity contribution in [1.29, 1.82) is 0 Å². The van der Waals surface area contributed by atoms with Crippen molar-refractivity contribution in [3.8, 4) is 0 Å². The molecule has 3 amide bonds. The number of rotatable bonds is 12. The van der Waals surface area contributed by atoms with Gasteiger partial charge in [0.25, 0.3) is 17.7 Å². The fraction of sp³-hybridized carbons (Fsp3) is 0.594. The maximum absolute atomic E-state index is 13.2. The molecule has 41 heavy (non-hydrogen) atoms. The Hall–Kier alpha value is -3.17. The molecule has 3 saturated heterocycles. The second kappa shape index (κ2) is 12.8. The van der Waals surface area contributed by atoms with E-state index in [2.05, 4.69) is 52.3 Å². The average Bonchev–Trinajstić information content (AvgIpc) is 3.60. The third-order valence-electron chi connectivity index (χ3n) is 9.26. The van der Waals surface area contributed by atoms with Crippen LogP contribution >= 0.6 is 0 Å². The van der Waals surface area contributed by atoms with E-state index in [0.717, 1.165) is 58.3 Å². The summed E-state index contributed by atoms with van der Waals surface area (Å²) in [5, 5.41) is 9.70. The molecular formula is C32H46N6O3. The molecule has 4 aliphatic rings. The quantitative estimate of drug-likeness (QED) is 0.230. The number of benzene rings is 1. The first kappa shape index (κ1) is 29.3. The number of hydrogen-bond acceptors (Lipinski definition) is 6. The molecule has 0 spiro atoms. The minimum atomic E-state index is -0.496. The third-order valence-corrected chi connectivity index (χ3v) is 9.26. The van der Waals surface area contributed by atoms with Crippen molar-refractivity contribution in [3.05, 3.63) is 53.6 Å². The van der Waals surface area contributed by atoms with Crippen LogP contribution in [-0.4, -0.2) is 83.9 Å². The number of primary amides is 1. The lowest BCUT2D eigenvalue weighted by atomic mass is 9.96. The summed E-state index contributed by atoms with van der Waals surface area (Å²) in [6.07, 6.45) is 11.3. The highest BCUT2D eigenvalue weighted by molar-refractivity contribution is 6.02. The largest absolute Gasteiger partial charge is 0.384 e. The van der Waals surface area contributed by atoms with Crippen molar-refractivity contribution in [2.24, 2.45) is 11.7 Å². The van der Waals surface area contributed by atoms with E-state index in [1.54, 1.807) is 18.2 Å². The van der Waals surface area contributed by atoms with Crippen molar-refractivity contribution in [2.75, 3.05) is 31.5 Å². The van der Waals surface area contributed by atoms with Crippen molar-refractivity contribution >= 4 is 23.4 Å². The van der Waals surface area contributed by atoms with Gasteiger partial charge >= 0.3 is 0 Å². The highest BCUT2D eigenvalue weighted by Crippen LogP contribution is 2.36. The van der Waals surface area contributed by atoms with E-state index in [9.17, 15) is 14.4 Å². The summed E-state index contributed by atoms with van der Waals surface area (Å²) in [6, 6.07) is 6.68. The fourth-order valence-electron chi connectivity index (χ4n) is 6.63. The minimum Gasteiger partial charge on any atom is -0.384 e. The summed E-state index contributed by atoms with van der Waals surface area (Å²) in [7, 11) is 0. The van der Waals surface area contributed by atoms with Gasteiger partial charge in [-0.3, -0.25) is 24.2 Å². The Kier molecular flexibility index (Phi) is 9.14. The number of carbonyl (C=O) groups excluding carboxylic acids is 3. The third kappa shape index (κ3) is 7.38. The van der Waals surface area contributed by atoms with Crippen molar-refractivity contribution < 1.29 is 14.4 Å². The number of amides is 3. The van der Waals surface area contributed by atoms with Gasteiger partial charge in [-0.15, -0.1) is 0 Å². The van der Waals surface area contributed by atoms with Crippen molar-refractivity contribution in [3.63, 3.8) is 0 Å². The number of nitrogens with zero attached hydrogens (tertiary/aromatic N) is 2. The van der Waals surface area contributed by atoms with Crippen LogP contribution in [0.15, 0.2) is 42.5 Å². The molecule has 1 aliphatic carbocycles. The summed E-state index contributed by atoms with van der Waals surface area (Å²) in [5.74, 6) is -0.0681. The predicted molar refractivity (Wildman–Crippen MR) is 162 cm³/mol. The summed E-state index contributed by atoms with van der Waals surface area (Å²) < 4.78 is 0. The van der Waals surface area contributed by atoms with Crippen LogP contribution in [0.1, 0.15) is 79.5 Å². The number of anilines is 1. The molecule has 3 heterocycles. The number of likely N-dealkylation sites (tertiary alicyclic amines) is 1. The Labute approximate surface area is 244 Å². The molecule has 3 aliphatic heterocycles. The van der Waals surface area contributed by atoms with Crippen LogP contribution in [0.3, 0.4) is 0 Å². The molecule has 5 rings (SSSR count). The van der Waals surface area contributed by atoms with Gasteiger partial charge in [0.1, 0.15) is 0 Å². The molecule has 1 aromatic carbocycles. The average molecular weight is 563 g/mol. The Morgan fingerprint density at radius 1 is 1.05 bits per heavy atom. The lowest BCUT2D eigenvalue weighted by molar-refractivity contribution is -0.117. The van der Waals surface area contributed by atoms with Crippen LogP contribution in [0.4, 0.5) is 5.69 Å².